The SMILES string of the molecule is COc1ccc(OC)c([C@@H](O)CN[C@@H]2CCc3ncnn3C2)c1. The summed E-state index contributed by atoms with van der Waals surface area (Å²) in [6, 6.07) is 5.70. The molecule has 2 atom stereocenters. The number of fused-ring (bicyclic) bond motifs is 1. The van der Waals surface area contributed by atoms with Gasteiger partial charge in [-0.05, 0) is 24.6 Å². The zero-order valence-corrected chi connectivity index (χ0v) is 13.4. The average molecular weight is 318 g/mol. The van der Waals surface area contributed by atoms with Crippen molar-refractivity contribution in [2.75, 3.05) is 20.8 Å². The number of aliphatic hydroxyl groups is 1. The lowest BCUT2D eigenvalue weighted by Gasteiger charge is -2.25. The highest BCUT2D eigenvalue weighted by Crippen LogP contribution is 2.29. The number of aromatic nitrogens is 3. The van der Waals surface area contributed by atoms with Gasteiger partial charge in [-0.3, -0.25) is 0 Å². The van der Waals surface area contributed by atoms with Crippen LogP contribution in [0.25, 0.3) is 0 Å². The van der Waals surface area contributed by atoms with Gasteiger partial charge in [-0.15, -0.1) is 0 Å². The Morgan fingerprint density at radius 2 is 2.26 bits per heavy atom. The minimum Gasteiger partial charge on any atom is -0.497 e. The molecular weight excluding hydrogens is 296 g/mol. The third-order valence-electron chi connectivity index (χ3n) is 4.20. The Kier molecular flexibility index (Phi) is 4.78. The first-order chi connectivity index (χ1) is 11.2. The molecule has 23 heavy (non-hydrogen) atoms. The average Bonchev–Trinajstić information content (AvgIpc) is 3.06. The maximum absolute atomic E-state index is 10.5. The number of benzene rings is 1. The normalized spacial score (nSPS) is 18.3. The number of hydrogen-bond acceptors (Lipinski definition) is 6. The largest absolute Gasteiger partial charge is 0.497 e. The van der Waals surface area contributed by atoms with Crippen molar-refractivity contribution in [3.05, 3.63) is 35.9 Å². The Balaban J connectivity index is 1.62. The third kappa shape index (κ3) is 3.46. The number of methoxy groups -OCH3 is 2. The summed E-state index contributed by atoms with van der Waals surface area (Å²) in [5.74, 6) is 2.38. The summed E-state index contributed by atoms with van der Waals surface area (Å²) in [6.07, 6.45) is 2.81. The summed E-state index contributed by atoms with van der Waals surface area (Å²) in [6.45, 7) is 1.22. The summed E-state index contributed by atoms with van der Waals surface area (Å²) in [4.78, 5) is 4.22. The first-order valence-electron chi connectivity index (χ1n) is 7.71. The quantitative estimate of drug-likeness (QED) is 0.825. The molecule has 1 aliphatic heterocycles. The number of nitrogens with zero attached hydrogens (tertiary/aromatic N) is 3. The van der Waals surface area contributed by atoms with E-state index in [0.29, 0.717) is 18.0 Å². The van der Waals surface area contributed by atoms with Crippen LogP contribution in [0.1, 0.15) is 23.9 Å². The second-order valence-electron chi connectivity index (χ2n) is 5.63. The molecule has 3 rings (SSSR count). The van der Waals surface area contributed by atoms with Gasteiger partial charge in [-0.2, -0.15) is 5.10 Å². The molecule has 0 saturated heterocycles. The Morgan fingerprint density at radius 1 is 1.39 bits per heavy atom. The van der Waals surface area contributed by atoms with E-state index in [1.807, 2.05) is 16.8 Å². The van der Waals surface area contributed by atoms with Crippen molar-refractivity contribution in [1.82, 2.24) is 20.1 Å². The standard InChI is InChI=1S/C16H22N4O3/c1-22-12-4-5-15(23-2)13(7-12)14(21)8-17-11-3-6-16-18-10-19-20(16)9-11/h4-5,7,10-11,14,17,21H,3,6,8-9H2,1-2H3/t11-,14+/m1/s1. The van der Waals surface area contributed by atoms with Gasteiger partial charge < -0.3 is 19.9 Å². The molecule has 0 spiro atoms. The molecule has 1 aromatic heterocycles. The van der Waals surface area contributed by atoms with Crippen molar-refractivity contribution < 1.29 is 14.6 Å². The molecule has 1 aliphatic rings. The Morgan fingerprint density at radius 3 is 3.04 bits per heavy atom. The molecule has 0 saturated carbocycles. The predicted octanol–water partition coefficient (Wildman–Crippen LogP) is 0.933. The highest BCUT2D eigenvalue weighted by Gasteiger charge is 2.21. The number of aliphatic hydroxyl groups excluding tert-OH is 1. The number of rotatable bonds is 6. The van der Waals surface area contributed by atoms with E-state index >= 15 is 0 Å². The predicted molar refractivity (Wildman–Crippen MR) is 84.6 cm³/mol. The topological polar surface area (TPSA) is 81.4 Å². The molecule has 124 valence electrons. The molecule has 0 amide bonds. The van der Waals surface area contributed by atoms with Crippen molar-refractivity contribution in [1.29, 1.82) is 0 Å². The van der Waals surface area contributed by atoms with Crippen LogP contribution < -0.4 is 14.8 Å². The fourth-order valence-corrected chi connectivity index (χ4v) is 2.89. The van der Waals surface area contributed by atoms with E-state index in [9.17, 15) is 5.11 Å². The molecule has 0 fully saturated rings. The van der Waals surface area contributed by atoms with E-state index < -0.39 is 6.10 Å². The second kappa shape index (κ2) is 6.97. The van der Waals surface area contributed by atoms with Gasteiger partial charge in [0.2, 0.25) is 0 Å². The van der Waals surface area contributed by atoms with Gasteiger partial charge in [-0.1, -0.05) is 0 Å². The van der Waals surface area contributed by atoms with Crippen LogP contribution in [-0.4, -0.2) is 46.7 Å². The fraction of sp³-hybridized carbons (Fsp3) is 0.500. The lowest BCUT2D eigenvalue weighted by atomic mass is 10.0. The molecule has 2 heterocycles. The van der Waals surface area contributed by atoms with Crippen LogP contribution >= 0.6 is 0 Å². The zero-order chi connectivity index (χ0) is 16.2. The van der Waals surface area contributed by atoms with Gasteiger partial charge in [0.05, 0.1) is 26.9 Å². The molecule has 7 heteroatoms. The summed E-state index contributed by atoms with van der Waals surface area (Å²) in [5, 5.41) is 18.1. The maximum Gasteiger partial charge on any atom is 0.138 e. The highest BCUT2D eigenvalue weighted by molar-refractivity contribution is 5.41. The molecule has 0 radical (unpaired) electrons. The molecule has 0 bridgehead atoms. The van der Waals surface area contributed by atoms with Crippen molar-refractivity contribution >= 4 is 0 Å². The van der Waals surface area contributed by atoms with E-state index in [2.05, 4.69) is 15.4 Å². The molecule has 0 aliphatic carbocycles. The van der Waals surface area contributed by atoms with Crippen LogP contribution in [0.2, 0.25) is 0 Å². The number of ether oxygens (including phenoxy) is 2. The van der Waals surface area contributed by atoms with Crippen molar-refractivity contribution in [2.24, 2.45) is 0 Å². The lowest BCUT2D eigenvalue weighted by molar-refractivity contribution is 0.161. The molecule has 2 aromatic rings. The van der Waals surface area contributed by atoms with E-state index in [4.69, 9.17) is 9.47 Å². The van der Waals surface area contributed by atoms with Crippen molar-refractivity contribution in [3.8, 4) is 11.5 Å². The summed E-state index contributed by atoms with van der Waals surface area (Å²) in [7, 11) is 3.20. The van der Waals surface area contributed by atoms with Gasteiger partial charge in [0, 0.05) is 24.6 Å². The summed E-state index contributed by atoms with van der Waals surface area (Å²) < 4.78 is 12.5. The minimum atomic E-state index is -0.669. The molecule has 7 nitrogen and oxygen atoms in total. The van der Waals surface area contributed by atoms with Crippen molar-refractivity contribution in [2.45, 2.75) is 31.5 Å². The zero-order valence-electron chi connectivity index (χ0n) is 13.4. The third-order valence-corrected chi connectivity index (χ3v) is 4.20. The van der Waals surface area contributed by atoms with E-state index in [1.165, 1.54) is 0 Å². The van der Waals surface area contributed by atoms with E-state index in [0.717, 1.165) is 30.8 Å². The number of aryl methyl sites for hydroxylation is 1. The Labute approximate surface area is 135 Å². The van der Waals surface area contributed by atoms with Crippen LogP contribution in [0.3, 0.4) is 0 Å². The molecule has 0 unspecified atom stereocenters. The van der Waals surface area contributed by atoms with Gasteiger partial charge in [0.15, 0.2) is 0 Å². The van der Waals surface area contributed by atoms with Gasteiger partial charge in [0.25, 0.3) is 0 Å². The van der Waals surface area contributed by atoms with Crippen LogP contribution in [-0.2, 0) is 13.0 Å². The minimum absolute atomic E-state index is 0.274. The fourth-order valence-electron chi connectivity index (χ4n) is 2.89. The smallest absolute Gasteiger partial charge is 0.138 e. The highest BCUT2D eigenvalue weighted by atomic mass is 16.5. The van der Waals surface area contributed by atoms with Gasteiger partial charge in [-0.25, -0.2) is 9.67 Å². The van der Waals surface area contributed by atoms with E-state index in [1.54, 1.807) is 26.6 Å². The molecule has 2 N–H and O–H groups in total. The first kappa shape index (κ1) is 15.8. The summed E-state index contributed by atoms with van der Waals surface area (Å²) >= 11 is 0. The Hall–Kier alpha value is -2.12. The van der Waals surface area contributed by atoms with Crippen LogP contribution in [0, 0.1) is 0 Å². The van der Waals surface area contributed by atoms with E-state index in [-0.39, 0.29) is 6.04 Å². The van der Waals surface area contributed by atoms with Gasteiger partial charge in [0.1, 0.15) is 23.7 Å². The lowest BCUT2D eigenvalue weighted by Crippen LogP contribution is -2.39. The molecular formula is C16H22N4O3. The van der Waals surface area contributed by atoms with Crippen LogP contribution in [0.5, 0.6) is 11.5 Å². The second-order valence-corrected chi connectivity index (χ2v) is 5.63. The maximum atomic E-state index is 10.5. The summed E-state index contributed by atoms with van der Waals surface area (Å²) in [5.41, 5.74) is 0.719. The monoisotopic (exact) mass is 318 g/mol. The molecule has 1 aromatic carbocycles. The Bertz CT molecular complexity index is 659. The number of hydrogen-bond donors (Lipinski definition) is 2. The first-order valence-corrected chi connectivity index (χ1v) is 7.71. The van der Waals surface area contributed by atoms with Crippen LogP contribution in [0.4, 0.5) is 0 Å². The van der Waals surface area contributed by atoms with Crippen molar-refractivity contribution in [3.63, 3.8) is 0 Å². The van der Waals surface area contributed by atoms with Crippen LogP contribution in [0.15, 0.2) is 24.5 Å². The van der Waals surface area contributed by atoms with Gasteiger partial charge >= 0.3 is 0 Å². The number of nitrogens with one attached hydrogen (secondary N) is 1.